The van der Waals surface area contributed by atoms with Crippen LogP contribution in [0.3, 0.4) is 0 Å². The maximum Gasteiger partial charge on any atom is 0.0576 e. The van der Waals surface area contributed by atoms with E-state index in [-0.39, 0.29) is 0 Å². The Hall–Kier alpha value is -0.0800. The van der Waals surface area contributed by atoms with Crippen LogP contribution < -0.4 is 5.32 Å². The quantitative estimate of drug-likeness (QED) is 0.776. The Bertz CT molecular complexity index is 181. The van der Waals surface area contributed by atoms with E-state index in [4.69, 9.17) is 4.74 Å². The van der Waals surface area contributed by atoms with Crippen molar-refractivity contribution in [2.75, 3.05) is 13.2 Å². The van der Waals surface area contributed by atoms with Crippen LogP contribution in [0.15, 0.2) is 0 Å². The normalized spacial score (nSPS) is 32.1. The molecule has 0 aliphatic heterocycles. The molecule has 0 aromatic heterocycles. The van der Waals surface area contributed by atoms with Gasteiger partial charge in [0, 0.05) is 12.6 Å². The zero-order valence-corrected chi connectivity index (χ0v) is 10.7. The molecule has 0 unspecified atom stereocenters. The first-order chi connectivity index (χ1) is 7.88. The van der Waals surface area contributed by atoms with Crippen molar-refractivity contribution in [3.63, 3.8) is 0 Å². The lowest BCUT2D eigenvalue weighted by Gasteiger charge is -2.29. The van der Waals surface area contributed by atoms with Gasteiger partial charge in [0.1, 0.15) is 0 Å². The maximum atomic E-state index is 6.07. The predicted octanol–water partition coefficient (Wildman–Crippen LogP) is 3.11. The summed E-state index contributed by atoms with van der Waals surface area (Å²) in [4.78, 5) is 0. The second-order valence-corrected chi connectivity index (χ2v) is 5.52. The summed E-state index contributed by atoms with van der Waals surface area (Å²) in [6.45, 7) is 4.34. The van der Waals surface area contributed by atoms with Gasteiger partial charge in [0.05, 0.1) is 6.10 Å². The zero-order chi connectivity index (χ0) is 11.2. The summed E-state index contributed by atoms with van der Waals surface area (Å²) < 4.78 is 6.07. The van der Waals surface area contributed by atoms with Crippen molar-refractivity contribution < 1.29 is 4.74 Å². The van der Waals surface area contributed by atoms with Gasteiger partial charge in [-0.15, -0.1) is 0 Å². The smallest absolute Gasteiger partial charge is 0.0576 e. The van der Waals surface area contributed by atoms with Crippen molar-refractivity contribution >= 4 is 0 Å². The van der Waals surface area contributed by atoms with Gasteiger partial charge in [-0.25, -0.2) is 0 Å². The van der Waals surface area contributed by atoms with Crippen LogP contribution in [-0.2, 0) is 4.74 Å². The summed E-state index contributed by atoms with van der Waals surface area (Å²) in [5.41, 5.74) is 0. The highest BCUT2D eigenvalue weighted by Gasteiger charge is 2.22. The Morgan fingerprint density at radius 3 is 2.31 bits per heavy atom. The lowest BCUT2D eigenvalue weighted by Crippen LogP contribution is -2.35. The highest BCUT2D eigenvalue weighted by molar-refractivity contribution is 4.77. The minimum absolute atomic E-state index is 0.565. The molecule has 0 aromatic rings. The SMILES string of the molecule is CCNC1CCC(OCC2CCCC2)CC1. The summed E-state index contributed by atoms with van der Waals surface area (Å²) in [6.07, 6.45) is 11.4. The first-order valence-corrected chi connectivity index (χ1v) is 7.23. The Balaban J connectivity index is 1.57. The van der Waals surface area contributed by atoms with Crippen LogP contribution in [0.2, 0.25) is 0 Å². The summed E-state index contributed by atoms with van der Waals surface area (Å²) in [7, 11) is 0. The van der Waals surface area contributed by atoms with E-state index in [1.807, 2.05) is 0 Å². The van der Waals surface area contributed by atoms with Gasteiger partial charge in [-0.2, -0.15) is 0 Å². The van der Waals surface area contributed by atoms with Crippen molar-refractivity contribution in [3.8, 4) is 0 Å². The van der Waals surface area contributed by atoms with E-state index in [2.05, 4.69) is 12.2 Å². The van der Waals surface area contributed by atoms with Crippen molar-refractivity contribution in [2.45, 2.75) is 70.4 Å². The molecule has 0 amide bonds. The molecule has 2 fully saturated rings. The Labute approximate surface area is 100 Å². The number of hydrogen-bond acceptors (Lipinski definition) is 2. The second-order valence-electron chi connectivity index (χ2n) is 5.52. The minimum atomic E-state index is 0.565. The largest absolute Gasteiger partial charge is 0.378 e. The van der Waals surface area contributed by atoms with Crippen LogP contribution in [0.1, 0.15) is 58.3 Å². The number of hydrogen-bond donors (Lipinski definition) is 1. The van der Waals surface area contributed by atoms with Gasteiger partial charge in [0.25, 0.3) is 0 Å². The molecule has 2 heteroatoms. The third-order valence-corrected chi connectivity index (χ3v) is 4.21. The van der Waals surface area contributed by atoms with Crippen molar-refractivity contribution in [1.82, 2.24) is 5.32 Å². The van der Waals surface area contributed by atoms with Crippen LogP contribution in [0.4, 0.5) is 0 Å². The lowest BCUT2D eigenvalue weighted by atomic mass is 9.93. The van der Waals surface area contributed by atoms with Gasteiger partial charge in [-0.3, -0.25) is 0 Å². The fourth-order valence-corrected chi connectivity index (χ4v) is 3.17. The zero-order valence-electron chi connectivity index (χ0n) is 10.7. The monoisotopic (exact) mass is 225 g/mol. The predicted molar refractivity (Wildman–Crippen MR) is 67.6 cm³/mol. The molecule has 16 heavy (non-hydrogen) atoms. The van der Waals surface area contributed by atoms with Gasteiger partial charge in [0.2, 0.25) is 0 Å². The van der Waals surface area contributed by atoms with E-state index in [1.54, 1.807) is 0 Å². The van der Waals surface area contributed by atoms with Crippen LogP contribution in [0, 0.1) is 5.92 Å². The Morgan fingerprint density at radius 2 is 1.69 bits per heavy atom. The van der Waals surface area contributed by atoms with Gasteiger partial charge in [-0.05, 0) is 51.0 Å². The van der Waals surface area contributed by atoms with E-state index < -0.39 is 0 Å². The van der Waals surface area contributed by atoms with Crippen LogP contribution >= 0.6 is 0 Å². The summed E-state index contributed by atoms with van der Waals surface area (Å²) in [5, 5.41) is 3.55. The van der Waals surface area contributed by atoms with Crippen LogP contribution in [0.5, 0.6) is 0 Å². The molecule has 2 rings (SSSR count). The molecule has 2 aliphatic carbocycles. The fraction of sp³-hybridized carbons (Fsp3) is 1.00. The lowest BCUT2D eigenvalue weighted by molar-refractivity contribution is 0.00415. The second kappa shape index (κ2) is 6.61. The summed E-state index contributed by atoms with van der Waals surface area (Å²) >= 11 is 0. The molecule has 2 aliphatic rings. The molecule has 0 bridgehead atoms. The van der Waals surface area contributed by atoms with Crippen molar-refractivity contribution in [3.05, 3.63) is 0 Å². The molecule has 0 aromatic carbocycles. The van der Waals surface area contributed by atoms with Gasteiger partial charge < -0.3 is 10.1 Å². The van der Waals surface area contributed by atoms with E-state index in [1.165, 1.54) is 51.4 Å². The van der Waals surface area contributed by atoms with Gasteiger partial charge in [-0.1, -0.05) is 19.8 Å². The van der Waals surface area contributed by atoms with E-state index in [0.717, 1.165) is 25.1 Å². The van der Waals surface area contributed by atoms with E-state index >= 15 is 0 Å². The molecule has 0 saturated heterocycles. The molecular formula is C14H27NO. The molecule has 2 saturated carbocycles. The molecule has 1 N–H and O–H groups in total. The van der Waals surface area contributed by atoms with Crippen molar-refractivity contribution in [2.24, 2.45) is 5.92 Å². The van der Waals surface area contributed by atoms with Crippen LogP contribution in [-0.4, -0.2) is 25.3 Å². The Kier molecular flexibility index (Phi) is 5.11. The van der Waals surface area contributed by atoms with Gasteiger partial charge in [0.15, 0.2) is 0 Å². The van der Waals surface area contributed by atoms with Crippen molar-refractivity contribution in [1.29, 1.82) is 0 Å². The summed E-state index contributed by atoms with van der Waals surface area (Å²) in [5.74, 6) is 0.881. The third kappa shape index (κ3) is 3.74. The van der Waals surface area contributed by atoms with Crippen LogP contribution in [0.25, 0.3) is 0 Å². The Morgan fingerprint density at radius 1 is 1.00 bits per heavy atom. The molecule has 0 atom stereocenters. The standard InChI is InChI=1S/C14H27NO/c1-2-15-13-7-9-14(10-8-13)16-11-12-5-3-4-6-12/h12-15H,2-11H2,1H3. The highest BCUT2D eigenvalue weighted by atomic mass is 16.5. The molecule has 94 valence electrons. The molecular weight excluding hydrogens is 198 g/mol. The molecule has 0 heterocycles. The molecule has 0 radical (unpaired) electrons. The first kappa shape index (κ1) is 12.4. The molecule has 2 nitrogen and oxygen atoms in total. The number of nitrogens with one attached hydrogen (secondary N) is 1. The first-order valence-electron chi connectivity index (χ1n) is 7.23. The topological polar surface area (TPSA) is 21.3 Å². The fourth-order valence-electron chi connectivity index (χ4n) is 3.17. The number of rotatable bonds is 5. The summed E-state index contributed by atoms with van der Waals surface area (Å²) in [6, 6.07) is 0.760. The van der Waals surface area contributed by atoms with Gasteiger partial charge >= 0.3 is 0 Å². The van der Waals surface area contributed by atoms with E-state index in [9.17, 15) is 0 Å². The number of ether oxygens (including phenoxy) is 1. The van der Waals surface area contributed by atoms with E-state index in [0.29, 0.717) is 6.10 Å². The highest BCUT2D eigenvalue weighted by Crippen LogP contribution is 2.27. The maximum absolute atomic E-state index is 6.07. The third-order valence-electron chi connectivity index (χ3n) is 4.21. The average molecular weight is 225 g/mol. The minimum Gasteiger partial charge on any atom is -0.378 e. The average Bonchev–Trinajstić information content (AvgIpc) is 2.82. The molecule has 0 spiro atoms.